The summed E-state index contributed by atoms with van der Waals surface area (Å²) >= 11 is 0. The minimum absolute atomic E-state index is 0.0141. The molecule has 3 rings (SSSR count). The van der Waals surface area contributed by atoms with Gasteiger partial charge in [-0.2, -0.15) is 0 Å². The largest absolute Gasteiger partial charge is 0.444 e. The van der Waals surface area contributed by atoms with Crippen molar-refractivity contribution in [3.63, 3.8) is 0 Å². The molecular weight excluding hydrogens is 417 g/mol. The van der Waals surface area contributed by atoms with Crippen LogP contribution in [0.15, 0.2) is 18.2 Å². The number of cyclic esters (lactones) is 1. The van der Waals surface area contributed by atoms with E-state index in [1.807, 2.05) is 4.90 Å². The average molecular weight is 442 g/mol. The van der Waals surface area contributed by atoms with Crippen molar-refractivity contribution < 1.29 is 32.3 Å². The number of Topliss-reactive ketones (excluding diaryl/α,β-unsaturated/α-hetero) is 1. The second-order valence-corrected chi connectivity index (χ2v) is 7.35. The third-order valence-electron chi connectivity index (χ3n) is 5.30. The van der Waals surface area contributed by atoms with Gasteiger partial charge in [0.25, 0.3) is 6.43 Å². The maximum atomic E-state index is 14.9. The average Bonchev–Trinajstić information content (AvgIpc) is 2.95. The number of rotatable bonds is 7. The van der Waals surface area contributed by atoms with Gasteiger partial charge in [-0.3, -0.25) is 19.5 Å². The number of ether oxygens (including phenoxy) is 1. The van der Waals surface area contributed by atoms with E-state index < -0.39 is 36.6 Å². The molecular formula is C20H25F3N4O4. The number of ketones is 1. The van der Waals surface area contributed by atoms with E-state index in [9.17, 15) is 27.6 Å². The van der Waals surface area contributed by atoms with Crippen LogP contribution in [-0.4, -0.2) is 68.0 Å². The molecule has 0 bridgehead atoms. The fraction of sp³-hybridized carbons (Fsp3) is 0.550. The minimum Gasteiger partial charge on any atom is -0.444 e. The smallest absolute Gasteiger partial charge is 0.414 e. The van der Waals surface area contributed by atoms with Gasteiger partial charge in [0.2, 0.25) is 5.91 Å². The van der Waals surface area contributed by atoms with E-state index in [2.05, 4.69) is 5.43 Å². The van der Waals surface area contributed by atoms with Crippen LogP contribution < -0.4 is 15.2 Å². The lowest BCUT2D eigenvalue weighted by molar-refractivity contribution is -0.133. The molecule has 0 aromatic heterocycles. The Hall–Kier alpha value is -2.82. The predicted octanol–water partition coefficient (Wildman–Crippen LogP) is 2.33. The number of halogens is 3. The molecule has 0 saturated carbocycles. The highest BCUT2D eigenvalue weighted by Crippen LogP contribution is 2.29. The van der Waals surface area contributed by atoms with Gasteiger partial charge in [-0.15, -0.1) is 0 Å². The number of carbonyl (C=O) groups is 3. The quantitative estimate of drug-likeness (QED) is 0.698. The molecule has 170 valence electrons. The fourth-order valence-corrected chi connectivity index (χ4v) is 3.59. The van der Waals surface area contributed by atoms with Gasteiger partial charge in [-0.05, 0) is 24.6 Å². The number of alkyl halides is 2. The Balaban J connectivity index is 1.63. The molecule has 0 spiro atoms. The molecule has 2 aliphatic rings. The summed E-state index contributed by atoms with van der Waals surface area (Å²) in [7, 11) is 0. The summed E-state index contributed by atoms with van der Waals surface area (Å²) in [6, 6.07) is 4.36. The van der Waals surface area contributed by atoms with Crippen molar-refractivity contribution in [2.75, 3.05) is 42.5 Å². The Morgan fingerprint density at radius 2 is 2.03 bits per heavy atom. The number of amides is 2. The first-order valence-corrected chi connectivity index (χ1v) is 10.2. The molecule has 2 fully saturated rings. The zero-order valence-corrected chi connectivity index (χ0v) is 17.2. The predicted molar refractivity (Wildman–Crippen MR) is 106 cm³/mol. The zero-order valence-electron chi connectivity index (χ0n) is 17.2. The summed E-state index contributed by atoms with van der Waals surface area (Å²) in [6.07, 6.45) is -4.50. The summed E-state index contributed by atoms with van der Waals surface area (Å²) in [5.74, 6) is -1.76. The molecule has 2 saturated heterocycles. The van der Waals surface area contributed by atoms with Crippen molar-refractivity contribution in [2.45, 2.75) is 38.7 Å². The fourth-order valence-electron chi connectivity index (χ4n) is 3.59. The molecule has 2 amide bonds. The third-order valence-corrected chi connectivity index (χ3v) is 5.30. The molecule has 1 atom stereocenters. The first kappa shape index (κ1) is 22.9. The van der Waals surface area contributed by atoms with E-state index in [1.54, 1.807) is 19.1 Å². The van der Waals surface area contributed by atoms with Crippen LogP contribution in [0, 0.1) is 5.82 Å². The Bertz CT molecular complexity index is 839. The van der Waals surface area contributed by atoms with Crippen LogP contribution in [0.25, 0.3) is 0 Å². The van der Waals surface area contributed by atoms with Gasteiger partial charge in [0, 0.05) is 32.5 Å². The highest BCUT2D eigenvalue weighted by molar-refractivity contribution is 5.90. The van der Waals surface area contributed by atoms with Crippen LogP contribution >= 0.6 is 0 Å². The first-order chi connectivity index (χ1) is 14.8. The van der Waals surface area contributed by atoms with Crippen LogP contribution in [-0.2, 0) is 14.3 Å². The topological polar surface area (TPSA) is 82.2 Å². The zero-order chi connectivity index (χ0) is 22.5. The number of nitrogens with zero attached hydrogens (tertiary/aromatic N) is 3. The molecule has 31 heavy (non-hydrogen) atoms. The molecule has 1 N–H and O–H groups in total. The lowest BCUT2D eigenvalue weighted by Gasteiger charge is -2.24. The SMILES string of the molecule is CCC(=O)N1CCN(c2ccc(N3C[C@H](CCC(=O)C(F)F)OC3=O)cc2F)CCN1. The van der Waals surface area contributed by atoms with Crippen LogP contribution in [0.1, 0.15) is 26.2 Å². The number of hydrazine groups is 1. The van der Waals surface area contributed by atoms with E-state index in [0.29, 0.717) is 38.3 Å². The van der Waals surface area contributed by atoms with Crippen LogP contribution in [0.2, 0.25) is 0 Å². The number of carbonyl (C=O) groups excluding carboxylic acids is 3. The molecule has 2 aliphatic heterocycles. The third kappa shape index (κ3) is 5.46. The number of nitrogens with one attached hydrogen (secondary N) is 1. The van der Waals surface area contributed by atoms with Gasteiger partial charge in [-0.1, -0.05) is 6.92 Å². The van der Waals surface area contributed by atoms with Gasteiger partial charge >= 0.3 is 6.09 Å². The maximum absolute atomic E-state index is 14.9. The van der Waals surface area contributed by atoms with Crippen molar-refractivity contribution in [1.29, 1.82) is 0 Å². The normalized spacial score (nSPS) is 19.6. The molecule has 11 heteroatoms. The van der Waals surface area contributed by atoms with Gasteiger partial charge in [0.05, 0.1) is 24.5 Å². The molecule has 2 heterocycles. The first-order valence-electron chi connectivity index (χ1n) is 10.2. The van der Waals surface area contributed by atoms with E-state index in [0.717, 1.165) is 0 Å². The van der Waals surface area contributed by atoms with E-state index in [4.69, 9.17) is 4.74 Å². The molecule has 0 radical (unpaired) electrons. The van der Waals surface area contributed by atoms with Crippen molar-refractivity contribution in [3.05, 3.63) is 24.0 Å². The number of hydrogen-bond donors (Lipinski definition) is 1. The highest BCUT2D eigenvalue weighted by atomic mass is 19.3. The summed E-state index contributed by atoms with van der Waals surface area (Å²) in [4.78, 5) is 38.1. The van der Waals surface area contributed by atoms with E-state index in [-0.39, 0.29) is 24.6 Å². The van der Waals surface area contributed by atoms with Crippen molar-refractivity contribution >= 4 is 29.2 Å². The lowest BCUT2D eigenvalue weighted by Crippen LogP contribution is -2.43. The molecule has 1 aromatic rings. The molecule has 8 nitrogen and oxygen atoms in total. The Morgan fingerprint density at radius 1 is 1.26 bits per heavy atom. The highest BCUT2D eigenvalue weighted by Gasteiger charge is 2.33. The second-order valence-electron chi connectivity index (χ2n) is 7.35. The summed E-state index contributed by atoms with van der Waals surface area (Å²) in [6.45, 7) is 3.65. The molecule has 1 aromatic carbocycles. The Kier molecular flexibility index (Phi) is 7.37. The standard InChI is InChI=1S/C20H25F3N4O4/c1-2-18(29)27-10-9-25(8-7-24-27)16-5-3-13(11-15(16)21)26-12-14(31-20(26)30)4-6-17(28)19(22)23/h3,5,11,14,19,24H,2,4,6-10,12H2,1H3/t14-/m0/s1. The van der Waals surface area contributed by atoms with Crippen molar-refractivity contribution in [2.24, 2.45) is 0 Å². The molecule has 0 unspecified atom stereocenters. The second kappa shape index (κ2) is 9.99. The number of benzene rings is 1. The van der Waals surface area contributed by atoms with Crippen LogP contribution in [0.5, 0.6) is 0 Å². The van der Waals surface area contributed by atoms with Crippen molar-refractivity contribution in [3.8, 4) is 0 Å². The van der Waals surface area contributed by atoms with Gasteiger partial charge in [-0.25, -0.2) is 23.4 Å². The summed E-state index contributed by atoms with van der Waals surface area (Å²) in [5.41, 5.74) is 3.66. The summed E-state index contributed by atoms with van der Waals surface area (Å²) in [5, 5.41) is 1.53. The van der Waals surface area contributed by atoms with E-state index >= 15 is 0 Å². The lowest BCUT2D eigenvalue weighted by atomic mass is 10.1. The Labute approximate surface area is 177 Å². The molecule has 0 aliphatic carbocycles. The van der Waals surface area contributed by atoms with Crippen LogP contribution in [0.4, 0.5) is 29.3 Å². The Morgan fingerprint density at radius 3 is 2.71 bits per heavy atom. The monoisotopic (exact) mass is 442 g/mol. The van der Waals surface area contributed by atoms with Gasteiger partial charge in [0.15, 0.2) is 5.78 Å². The summed E-state index contributed by atoms with van der Waals surface area (Å²) < 4.78 is 44.6. The van der Waals surface area contributed by atoms with Gasteiger partial charge < -0.3 is 9.64 Å². The maximum Gasteiger partial charge on any atom is 0.414 e. The van der Waals surface area contributed by atoms with Crippen molar-refractivity contribution in [1.82, 2.24) is 10.4 Å². The van der Waals surface area contributed by atoms with Gasteiger partial charge in [0.1, 0.15) is 11.9 Å². The number of anilines is 2. The number of hydrogen-bond acceptors (Lipinski definition) is 6. The van der Waals surface area contributed by atoms with E-state index in [1.165, 1.54) is 16.0 Å². The van der Waals surface area contributed by atoms with Crippen LogP contribution in [0.3, 0.4) is 0 Å². The minimum atomic E-state index is -3.05.